The topological polar surface area (TPSA) is 33.1 Å². The van der Waals surface area contributed by atoms with Crippen molar-refractivity contribution in [2.24, 2.45) is 0 Å². The Labute approximate surface area is 118 Å². The quantitative estimate of drug-likeness (QED) is 0.857. The van der Waals surface area contributed by atoms with Gasteiger partial charge in [-0.1, -0.05) is 46.9 Å². The second kappa shape index (κ2) is 4.75. The molecule has 0 bridgehead atoms. The summed E-state index contributed by atoms with van der Waals surface area (Å²) in [6, 6.07) is 6.87. The molecule has 0 aliphatic carbocycles. The first-order valence-corrected chi connectivity index (χ1v) is 6.71. The Hall–Kier alpha value is -0.320. The lowest BCUT2D eigenvalue weighted by Crippen LogP contribution is -2.40. The predicted molar refractivity (Wildman–Crippen MR) is 71.8 cm³/mol. The average molecular weight is 309 g/mol. The molecule has 1 atom stereocenters. The Morgan fingerprint density at radius 2 is 1.94 bits per heavy atom. The van der Waals surface area contributed by atoms with Gasteiger partial charge in [0.15, 0.2) is 5.60 Å². The van der Waals surface area contributed by atoms with Crippen LogP contribution in [0.15, 0.2) is 42.0 Å². The van der Waals surface area contributed by atoms with E-state index in [2.05, 4.69) is 4.98 Å². The zero-order valence-corrected chi connectivity index (χ0v) is 11.6. The van der Waals surface area contributed by atoms with Gasteiger partial charge in [0, 0.05) is 22.8 Å². The van der Waals surface area contributed by atoms with Gasteiger partial charge < -0.3 is 5.11 Å². The monoisotopic (exact) mass is 307 g/mol. The van der Waals surface area contributed by atoms with E-state index < -0.39 is 9.39 Å². The van der Waals surface area contributed by atoms with Crippen LogP contribution < -0.4 is 0 Å². The minimum Gasteiger partial charge on any atom is -0.375 e. The van der Waals surface area contributed by atoms with Gasteiger partial charge in [-0.25, -0.2) is 0 Å². The van der Waals surface area contributed by atoms with Crippen molar-refractivity contribution in [3.8, 4) is 0 Å². The van der Waals surface area contributed by atoms with Crippen LogP contribution in [0.25, 0.3) is 0 Å². The van der Waals surface area contributed by atoms with Crippen LogP contribution >= 0.6 is 46.1 Å². The summed E-state index contributed by atoms with van der Waals surface area (Å²) in [5.41, 5.74) is -1.25. The lowest BCUT2D eigenvalue weighted by atomic mass is 9.95. The van der Waals surface area contributed by atoms with E-state index >= 15 is 0 Å². The number of aliphatic hydroxyl groups is 1. The number of alkyl halides is 3. The zero-order valence-electron chi connectivity index (χ0n) is 8.48. The highest BCUT2D eigenvalue weighted by molar-refractivity contribution is 7.10. The van der Waals surface area contributed by atoms with Crippen molar-refractivity contribution in [3.63, 3.8) is 0 Å². The van der Waals surface area contributed by atoms with Gasteiger partial charge in [0.2, 0.25) is 3.79 Å². The molecule has 0 fully saturated rings. The molecule has 2 heterocycles. The molecular formula is C11H8Cl3NOS. The number of nitrogens with zero attached hydrogens (tertiary/aromatic N) is 1. The molecule has 90 valence electrons. The maximum atomic E-state index is 10.8. The van der Waals surface area contributed by atoms with E-state index in [-0.39, 0.29) is 0 Å². The van der Waals surface area contributed by atoms with E-state index in [0.29, 0.717) is 10.4 Å². The Bertz CT molecular complexity index is 483. The highest BCUT2D eigenvalue weighted by Crippen LogP contribution is 2.50. The molecule has 0 spiro atoms. The van der Waals surface area contributed by atoms with Gasteiger partial charge in [-0.3, -0.25) is 4.98 Å². The summed E-state index contributed by atoms with van der Waals surface area (Å²) >= 11 is 19.1. The standard InChI is InChI=1S/C11H8Cl3NOS/c12-11(13,14)10(16,9-4-2-6-17-9)8-3-1-5-15-7-8/h1-7,16H. The first-order chi connectivity index (χ1) is 7.96. The van der Waals surface area contributed by atoms with Gasteiger partial charge in [-0.15, -0.1) is 11.3 Å². The summed E-state index contributed by atoms with van der Waals surface area (Å²) in [4.78, 5) is 4.50. The number of hydrogen-bond acceptors (Lipinski definition) is 3. The van der Waals surface area contributed by atoms with Crippen LogP contribution in [0, 0.1) is 0 Å². The van der Waals surface area contributed by atoms with Crippen molar-refractivity contribution in [1.29, 1.82) is 0 Å². The van der Waals surface area contributed by atoms with Crippen molar-refractivity contribution in [1.82, 2.24) is 4.98 Å². The largest absolute Gasteiger partial charge is 0.375 e. The Kier molecular flexibility index (Phi) is 3.66. The van der Waals surface area contributed by atoms with Gasteiger partial charge in [0.1, 0.15) is 0 Å². The fraction of sp³-hybridized carbons (Fsp3) is 0.182. The molecular weight excluding hydrogens is 301 g/mol. The summed E-state index contributed by atoms with van der Waals surface area (Å²) < 4.78 is -1.87. The van der Waals surface area contributed by atoms with E-state index in [1.54, 1.807) is 30.5 Å². The second-order valence-electron chi connectivity index (χ2n) is 3.43. The van der Waals surface area contributed by atoms with Crippen molar-refractivity contribution >= 4 is 46.1 Å². The molecule has 0 saturated carbocycles. The van der Waals surface area contributed by atoms with Crippen LogP contribution in [0.5, 0.6) is 0 Å². The zero-order chi connectivity index (χ0) is 12.5. The third-order valence-electron chi connectivity index (χ3n) is 2.37. The van der Waals surface area contributed by atoms with Crippen molar-refractivity contribution in [2.75, 3.05) is 0 Å². The molecule has 0 saturated heterocycles. The summed E-state index contributed by atoms with van der Waals surface area (Å²) in [5.74, 6) is 0. The minimum atomic E-state index is -1.87. The molecule has 1 N–H and O–H groups in total. The molecule has 0 aromatic carbocycles. The number of hydrogen-bond donors (Lipinski definition) is 1. The van der Waals surface area contributed by atoms with Crippen LogP contribution in [0.4, 0.5) is 0 Å². The van der Waals surface area contributed by atoms with Gasteiger partial charge >= 0.3 is 0 Å². The van der Waals surface area contributed by atoms with Gasteiger partial charge in [-0.2, -0.15) is 0 Å². The number of halogens is 3. The molecule has 0 aliphatic heterocycles. The third kappa shape index (κ3) is 2.30. The van der Waals surface area contributed by atoms with Crippen molar-refractivity contribution in [2.45, 2.75) is 9.39 Å². The lowest BCUT2D eigenvalue weighted by Gasteiger charge is -2.33. The third-order valence-corrected chi connectivity index (χ3v) is 4.17. The molecule has 2 aromatic heterocycles. The molecule has 1 unspecified atom stereocenters. The van der Waals surface area contributed by atoms with E-state index in [0.717, 1.165) is 0 Å². The molecule has 2 aromatic rings. The molecule has 6 heteroatoms. The van der Waals surface area contributed by atoms with Crippen LogP contribution in [0.1, 0.15) is 10.4 Å². The number of pyridine rings is 1. The average Bonchev–Trinajstić information content (AvgIpc) is 2.81. The fourth-order valence-corrected chi connectivity index (χ4v) is 3.21. The Morgan fingerprint density at radius 1 is 1.18 bits per heavy atom. The van der Waals surface area contributed by atoms with Crippen LogP contribution in [0.3, 0.4) is 0 Å². The van der Waals surface area contributed by atoms with Crippen LogP contribution in [-0.4, -0.2) is 13.9 Å². The van der Waals surface area contributed by atoms with Gasteiger partial charge in [0.05, 0.1) is 0 Å². The number of thiophene rings is 1. The maximum absolute atomic E-state index is 10.8. The van der Waals surface area contributed by atoms with Crippen molar-refractivity contribution in [3.05, 3.63) is 52.5 Å². The highest BCUT2D eigenvalue weighted by atomic mass is 35.6. The van der Waals surface area contributed by atoms with E-state index in [9.17, 15) is 5.11 Å². The van der Waals surface area contributed by atoms with E-state index in [1.807, 2.05) is 5.38 Å². The minimum absolute atomic E-state index is 0.447. The summed E-state index contributed by atoms with van der Waals surface area (Å²) in [7, 11) is 0. The Balaban J connectivity index is 2.61. The Morgan fingerprint density at radius 3 is 2.41 bits per heavy atom. The maximum Gasteiger partial charge on any atom is 0.227 e. The fourth-order valence-electron chi connectivity index (χ4n) is 1.51. The van der Waals surface area contributed by atoms with Crippen LogP contribution in [0.2, 0.25) is 0 Å². The summed E-state index contributed by atoms with van der Waals surface area (Å²) in [5, 5.41) is 12.6. The van der Waals surface area contributed by atoms with E-state index in [4.69, 9.17) is 34.8 Å². The molecule has 0 aliphatic rings. The number of aromatic nitrogens is 1. The van der Waals surface area contributed by atoms with Gasteiger partial charge in [-0.05, 0) is 17.5 Å². The molecule has 0 radical (unpaired) electrons. The smallest absolute Gasteiger partial charge is 0.227 e. The molecule has 0 amide bonds. The molecule has 2 rings (SSSR count). The summed E-state index contributed by atoms with van der Waals surface area (Å²) in [6.07, 6.45) is 3.08. The lowest BCUT2D eigenvalue weighted by molar-refractivity contribution is 0.0885. The van der Waals surface area contributed by atoms with Crippen LogP contribution in [-0.2, 0) is 5.60 Å². The first kappa shape index (κ1) is 13.1. The SMILES string of the molecule is OC(c1cccnc1)(c1cccs1)C(Cl)(Cl)Cl. The second-order valence-corrected chi connectivity index (χ2v) is 6.66. The highest BCUT2D eigenvalue weighted by Gasteiger charge is 2.50. The molecule has 2 nitrogen and oxygen atoms in total. The number of rotatable bonds is 2. The van der Waals surface area contributed by atoms with Gasteiger partial charge in [0.25, 0.3) is 0 Å². The predicted octanol–water partition coefficient (Wildman–Crippen LogP) is 3.75. The summed E-state index contributed by atoms with van der Waals surface area (Å²) in [6.45, 7) is 0. The van der Waals surface area contributed by atoms with Crippen molar-refractivity contribution < 1.29 is 5.11 Å². The molecule has 17 heavy (non-hydrogen) atoms. The first-order valence-electron chi connectivity index (χ1n) is 4.70. The van der Waals surface area contributed by atoms with E-state index in [1.165, 1.54) is 17.5 Å². The normalized spacial score (nSPS) is 15.5.